The summed E-state index contributed by atoms with van der Waals surface area (Å²) >= 11 is 0. The van der Waals surface area contributed by atoms with Crippen LogP contribution in [0.2, 0.25) is 0 Å². The fraction of sp³-hybridized carbons (Fsp3) is 0.588. The van der Waals surface area contributed by atoms with E-state index in [1.54, 1.807) is 0 Å². The number of rotatable bonds is 3. The summed E-state index contributed by atoms with van der Waals surface area (Å²) in [7, 11) is 0. The third kappa shape index (κ3) is 3.52. The molecular formula is C17H24N2O. The first kappa shape index (κ1) is 14.9. The van der Waals surface area contributed by atoms with Crippen LogP contribution in [0.5, 0.6) is 0 Å². The predicted octanol–water partition coefficient (Wildman–Crippen LogP) is 3.61. The number of benzene rings is 1. The van der Waals surface area contributed by atoms with Gasteiger partial charge in [0.2, 0.25) is 0 Å². The average Bonchev–Trinajstić information content (AvgIpc) is 2.41. The van der Waals surface area contributed by atoms with E-state index in [0.29, 0.717) is 17.5 Å². The lowest BCUT2D eigenvalue weighted by atomic mass is 9.71. The standard InChI is InChI=1S/C17H24N2O/c1-13-10-15(5-4-14(13)11-18)19-12-17(20)8-6-16(2,3)7-9-17/h4-5,10,19-20H,6-9,12H2,1-3H3. The predicted molar refractivity (Wildman–Crippen MR) is 81.6 cm³/mol. The molecule has 0 aromatic heterocycles. The molecule has 0 heterocycles. The van der Waals surface area contributed by atoms with E-state index in [1.807, 2.05) is 25.1 Å². The second-order valence-electron chi connectivity index (χ2n) is 6.88. The maximum Gasteiger partial charge on any atom is 0.0994 e. The zero-order chi connectivity index (χ0) is 14.8. The maximum absolute atomic E-state index is 10.6. The van der Waals surface area contributed by atoms with Crippen LogP contribution >= 0.6 is 0 Å². The molecule has 0 saturated heterocycles. The molecule has 1 aliphatic rings. The number of nitriles is 1. The molecule has 1 saturated carbocycles. The Bertz CT molecular complexity index is 518. The molecule has 1 fully saturated rings. The molecule has 20 heavy (non-hydrogen) atoms. The minimum absolute atomic E-state index is 0.358. The highest BCUT2D eigenvalue weighted by molar-refractivity contribution is 5.51. The first-order valence-electron chi connectivity index (χ1n) is 7.31. The minimum Gasteiger partial charge on any atom is -0.388 e. The van der Waals surface area contributed by atoms with E-state index in [2.05, 4.69) is 25.2 Å². The lowest BCUT2D eigenvalue weighted by Gasteiger charge is -2.40. The average molecular weight is 272 g/mol. The highest BCUT2D eigenvalue weighted by Crippen LogP contribution is 2.40. The SMILES string of the molecule is Cc1cc(NCC2(O)CCC(C)(C)CC2)ccc1C#N. The van der Waals surface area contributed by atoms with Gasteiger partial charge in [0.25, 0.3) is 0 Å². The highest BCUT2D eigenvalue weighted by atomic mass is 16.3. The molecule has 2 N–H and O–H groups in total. The summed E-state index contributed by atoms with van der Waals surface area (Å²) in [6.45, 7) is 7.05. The molecule has 2 rings (SSSR count). The molecule has 0 radical (unpaired) electrons. The Kier molecular flexibility index (Phi) is 4.06. The topological polar surface area (TPSA) is 56.0 Å². The molecule has 108 valence electrons. The van der Waals surface area contributed by atoms with Crippen LogP contribution in [0.3, 0.4) is 0 Å². The summed E-state index contributed by atoms with van der Waals surface area (Å²) in [5.74, 6) is 0. The molecule has 3 nitrogen and oxygen atoms in total. The van der Waals surface area contributed by atoms with Crippen LogP contribution in [0.4, 0.5) is 5.69 Å². The molecule has 1 aromatic carbocycles. The summed E-state index contributed by atoms with van der Waals surface area (Å²) in [5.41, 5.74) is 2.40. The second kappa shape index (κ2) is 5.46. The van der Waals surface area contributed by atoms with Gasteiger partial charge in [-0.3, -0.25) is 0 Å². The number of aliphatic hydroxyl groups is 1. The van der Waals surface area contributed by atoms with Crippen molar-refractivity contribution in [2.24, 2.45) is 5.41 Å². The van der Waals surface area contributed by atoms with Gasteiger partial charge < -0.3 is 10.4 Å². The van der Waals surface area contributed by atoms with Crippen LogP contribution in [-0.2, 0) is 0 Å². The Morgan fingerprint density at radius 3 is 2.45 bits per heavy atom. The fourth-order valence-corrected chi connectivity index (χ4v) is 2.73. The van der Waals surface area contributed by atoms with Gasteiger partial charge in [-0.1, -0.05) is 13.8 Å². The summed E-state index contributed by atoms with van der Waals surface area (Å²) in [4.78, 5) is 0. The van der Waals surface area contributed by atoms with Crippen LogP contribution in [0.15, 0.2) is 18.2 Å². The van der Waals surface area contributed by atoms with E-state index in [-0.39, 0.29) is 0 Å². The number of anilines is 1. The van der Waals surface area contributed by atoms with Crippen LogP contribution < -0.4 is 5.32 Å². The smallest absolute Gasteiger partial charge is 0.0994 e. The highest BCUT2D eigenvalue weighted by Gasteiger charge is 2.36. The number of nitrogens with zero attached hydrogens (tertiary/aromatic N) is 1. The number of hydrogen-bond donors (Lipinski definition) is 2. The van der Waals surface area contributed by atoms with Gasteiger partial charge in [-0.05, 0) is 61.8 Å². The van der Waals surface area contributed by atoms with E-state index in [0.717, 1.165) is 36.9 Å². The molecule has 1 aliphatic carbocycles. The zero-order valence-corrected chi connectivity index (χ0v) is 12.7. The molecule has 1 aromatic rings. The van der Waals surface area contributed by atoms with E-state index >= 15 is 0 Å². The summed E-state index contributed by atoms with van der Waals surface area (Å²) in [6.07, 6.45) is 3.83. The third-order valence-corrected chi connectivity index (χ3v) is 4.50. The van der Waals surface area contributed by atoms with Gasteiger partial charge in [0.05, 0.1) is 17.2 Å². The number of nitrogens with one attached hydrogen (secondary N) is 1. The molecule has 0 atom stereocenters. The van der Waals surface area contributed by atoms with Crippen molar-refractivity contribution in [1.82, 2.24) is 0 Å². The Morgan fingerprint density at radius 1 is 1.25 bits per heavy atom. The summed E-state index contributed by atoms with van der Waals surface area (Å²) < 4.78 is 0. The summed E-state index contributed by atoms with van der Waals surface area (Å²) in [5, 5.41) is 22.9. The Balaban J connectivity index is 1.96. The monoisotopic (exact) mass is 272 g/mol. The maximum atomic E-state index is 10.6. The largest absolute Gasteiger partial charge is 0.388 e. The van der Waals surface area contributed by atoms with Crippen molar-refractivity contribution in [1.29, 1.82) is 5.26 Å². The van der Waals surface area contributed by atoms with Gasteiger partial charge in [-0.2, -0.15) is 5.26 Å². The van der Waals surface area contributed by atoms with E-state index in [9.17, 15) is 5.11 Å². The quantitative estimate of drug-likeness (QED) is 0.883. The lowest BCUT2D eigenvalue weighted by molar-refractivity contribution is -0.0145. The molecule has 0 unspecified atom stereocenters. The van der Waals surface area contributed by atoms with Crippen molar-refractivity contribution < 1.29 is 5.11 Å². The normalized spacial score (nSPS) is 20.1. The van der Waals surface area contributed by atoms with Gasteiger partial charge in [0.1, 0.15) is 0 Å². The van der Waals surface area contributed by atoms with Gasteiger partial charge in [0.15, 0.2) is 0 Å². The van der Waals surface area contributed by atoms with Crippen molar-refractivity contribution in [2.75, 3.05) is 11.9 Å². The lowest BCUT2D eigenvalue weighted by Crippen LogP contribution is -2.42. The molecular weight excluding hydrogens is 248 g/mol. The Hall–Kier alpha value is -1.53. The van der Waals surface area contributed by atoms with Crippen molar-refractivity contribution in [2.45, 2.75) is 52.1 Å². The van der Waals surface area contributed by atoms with E-state index in [1.165, 1.54) is 0 Å². The Labute approximate surface area is 121 Å². The number of hydrogen-bond acceptors (Lipinski definition) is 3. The molecule has 0 bridgehead atoms. The molecule has 0 amide bonds. The first-order valence-corrected chi connectivity index (χ1v) is 7.31. The van der Waals surface area contributed by atoms with Gasteiger partial charge in [-0.25, -0.2) is 0 Å². The van der Waals surface area contributed by atoms with E-state index in [4.69, 9.17) is 5.26 Å². The zero-order valence-electron chi connectivity index (χ0n) is 12.7. The van der Waals surface area contributed by atoms with Crippen LogP contribution in [0.25, 0.3) is 0 Å². The van der Waals surface area contributed by atoms with Crippen molar-refractivity contribution in [3.05, 3.63) is 29.3 Å². The van der Waals surface area contributed by atoms with Gasteiger partial charge in [0, 0.05) is 12.2 Å². The first-order chi connectivity index (χ1) is 9.34. The minimum atomic E-state index is -0.600. The summed E-state index contributed by atoms with van der Waals surface area (Å²) in [6, 6.07) is 7.86. The van der Waals surface area contributed by atoms with Crippen molar-refractivity contribution in [3.63, 3.8) is 0 Å². The van der Waals surface area contributed by atoms with Gasteiger partial charge in [-0.15, -0.1) is 0 Å². The number of aryl methyl sites for hydroxylation is 1. The third-order valence-electron chi connectivity index (χ3n) is 4.50. The van der Waals surface area contributed by atoms with E-state index < -0.39 is 5.60 Å². The fourth-order valence-electron chi connectivity index (χ4n) is 2.73. The van der Waals surface area contributed by atoms with Crippen LogP contribution in [-0.4, -0.2) is 17.3 Å². The van der Waals surface area contributed by atoms with Crippen molar-refractivity contribution >= 4 is 5.69 Å². The molecule has 3 heteroatoms. The van der Waals surface area contributed by atoms with Crippen LogP contribution in [0.1, 0.15) is 50.7 Å². The molecule has 0 aliphatic heterocycles. The van der Waals surface area contributed by atoms with Crippen molar-refractivity contribution in [3.8, 4) is 6.07 Å². The molecule has 0 spiro atoms. The van der Waals surface area contributed by atoms with Crippen LogP contribution in [0, 0.1) is 23.7 Å². The van der Waals surface area contributed by atoms with Gasteiger partial charge >= 0.3 is 0 Å². The second-order valence-corrected chi connectivity index (χ2v) is 6.88. The Morgan fingerprint density at radius 2 is 1.90 bits per heavy atom.